The number of rotatable bonds is 4. The third-order valence-corrected chi connectivity index (χ3v) is 3.93. The molecule has 22 heavy (non-hydrogen) atoms. The molecule has 0 bridgehead atoms. The molecule has 0 unspecified atom stereocenters. The topological polar surface area (TPSA) is 49.8 Å². The van der Waals surface area contributed by atoms with E-state index in [9.17, 15) is 0 Å². The van der Waals surface area contributed by atoms with Crippen LogP contribution < -0.4 is 10.6 Å². The largest absolute Gasteiger partial charge is 0.340 e. The Morgan fingerprint density at radius 2 is 1.23 bits per heavy atom. The minimum atomic E-state index is 0.546. The molecule has 0 aliphatic rings. The minimum Gasteiger partial charge on any atom is -0.340 e. The first-order valence-corrected chi connectivity index (χ1v) is 8.16. The Hall–Kier alpha value is -1.92. The highest BCUT2D eigenvalue weighted by Gasteiger charge is 2.01. The average Bonchev–Trinajstić information content (AvgIpc) is 2.52. The smallest absolute Gasteiger partial charge is 0.229 e. The fourth-order valence-electron chi connectivity index (χ4n) is 1.83. The van der Waals surface area contributed by atoms with Gasteiger partial charge in [-0.2, -0.15) is 4.98 Å². The Bertz CT molecular complexity index is 695. The van der Waals surface area contributed by atoms with E-state index in [1.54, 1.807) is 6.20 Å². The molecule has 0 amide bonds. The van der Waals surface area contributed by atoms with Crippen LogP contribution in [0.2, 0.25) is 0 Å². The predicted molar refractivity (Wildman–Crippen MR) is 96.9 cm³/mol. The summed E-state index contributed by atoms with van der Waals surface area (Å²) in [4.78, 5) is 8.68. The van der Waals surface area contributed by atoms with E-state index in [1.807, 2.05) is 54.6 Å². The van der Waals surface area contributed by atoms with Gasteiger partial charge in [-0.05, 0) is 54.6 Å². The van der Waals surface area contributed by atoms with E-state index < -0.39 is 0 Å². The number of halogens is 2. The van der Waals surface area contributed by atoms with Gasteiger partial charge in [-0.3, -0.25) is 0 Å². The number of hydrogen-bond donors (Lipinski definition) is 2. The van der Waals surface area contributed by atoms with Gasteiger partial charge in [-0.15, -0.1) is 0 Å². The molecule has 0 fully saturated rings. The predicted octanol–water partition coefficient (Wildman–Crippen LogP) is 5.49. The van der Waals surface area contributed by atoms with Gasteiger partial charge in [0, 0.05) is 26.5 Å². The van der Waals surface area contributed by atoms with Crippen LogP contribution in [0, 0.1) is 0 Å². The molecule has 3 aromatic rings. The highest BCUT2D eigenvalue weighted by molar-refractivity contribution is 9.10. The van der Waals surface area contributed by atoms with Gasteiger partial charge in [0.15, 0.2) is 0 Å². The van der Waals surface area contributed by atoms with E-state index in [4.69, 9.17) is 0 Å². The summed E-state index contributed by atoms with van der Waals surface area (Å²) in [6, 6.07) is 17.6. The van der Waals surface area contributed by atoms with Gasteiger partial charge in [0.1, 0.15) is 5.82 Å². The molecule has 0 spiro atoms. The van der Waals surface area contributed by atoms with Crippen molar-refractivity contribution in [1.29, 1.82) is 0 Å². The summed E-state index contributed by atoms with van der Waals surface area (Å²) in [5.41, 5.74) is 1.90. The number of benzene rings is 2. The van der Waals surface area contributed by atoms with Gasteiger partial charge in [0.05, 0.1) is 0 Å². The average molecular weight is 420 g/mol. The summed E-state index contributed by atoms with van der Waals surface area (Å²) in [5.74, 6) is 1.28. The fraction of sp³-hybridized carbons (Fsp3) is 0. The molecule has 2 aromatic carbocycles. The van der Waals surface area contributed by atoms with E-state index in [0.717, 1.165) is 26.1 Å². The highest BCUT2D eigenvalue weighted by atomic mass is 79.9. The second-order valence-electron chi connectivity index (χ2n) is 4.53. The quantitative estimate of drug-likeness (QED) is 0.587. The first-order chi connectivity index (χ1) is 10.7. The lowest BCUT2D eigenvalue weighted by Gasteiger charge is -2.08. The van der Waals surface area contributed by atoms with Crippen LogP contribution in [0.25, 0.3) is 0 Å². The summed E-state index contributed by atoms with van der Waals surface area (Å²) in [5, 5.41) is 6.42. The molecule has 3 rings (SSSR count). The number of nitrogens with one attached hydrogen (secondary N) is 2. The zero-order chi connectivity index (χ0) is 15.4. The van der Waals surface area contributed by atoms with Crippen molar-refractivity contribution < 1.29 is 0 Å². The maximum Gasteiger partial charge on any atom is 0.229 e. The number of nitrogens with zero attached hydrogens (tertiary/aromatic N) is 2. The number of aromatic nitrogens is 2. The monoisotopic (exact) mass is 418 g/mol. The summed E-state index contributed by atoms with van der Waals surface area (Å²) in [7, 11) is 0. The van der Waals surface area contributed by atoms with Crippen molar-refractivity contribution in [1.82, 2.24) is 9.97 Å². The molecule has 4 nitrogen and oxygen atoms in total. The number of hydrogen-bond acceptors (Lipinski definition) is 4. The Balaban J connectivity index is 1.74. The molecule has 0 radical (unpaired) electrons. The maximum atomic E-state index is 4.45. The maximum absolute atomic E-state index is 4.45. The van der Waals surface area contributed by atoms with E-state index in [0.29, 0.717) is 5.95 Å². The third kappa shape index (κ3) is 4.05. The fourth-order valence-corrected chi connectivity index (χ4v) is 2.36. The zero-order valence-corrected chi connectivity index (χ0v) is 14.6. The van der Waals surface area contributed by atoms with Crippen molar-refractivity contribution >= 4 is 55.0 Å². The Labute approximate surface area is 145 Å². The lowest BCUT2D eigenvalue weighted by molar-refractivity contribution is 1.17. The lowest BCUT2D eigenvalue weighted by atomic mass is 10.3. The molecule has 1 heterocycles. The first-order valence-electron chi connectivity index (χ1n) is 6.57. The van der Waals surface area contributed by atoms with Gasteiger partial charge >= 0.3 is 0 Å². The Kier molecular flexibility index (Phi) is 4.70. The SMILES string of the molecule is Brc1ccc(Nc2ccnc(Nc3ccc(Br)cc3)n2)cc1. The van der Waals surface area contributed by atoms with Gasteiger partial charge in [-0.1, -0.05) is 31.9 Å². The van der Waals surface area contributed by atoms with Gasteiger partial charge in [-0.25, -0.2) is 4.98 Å². The second kappa shape index (κ2) is 6.89. The van der Waals surface area contributed by atoms with Crippen molar-refractivity contribution in [3.05, 3.63) is 69.7 Å². The molecule has 6 heteroatoms. The summed E-state index contributed by atoms with van der Waals surface area (Å²) < 4.78 is 2.07. The summed E-state index contributed by atoms with van der Waals surface area (Å²) >= 11 is 6.83. The minimum absolute atomic E-state index is 0.546. The van der Waals surface area contributed by atoms with Crippen LogP contribution in [0.5, 0.6) is 0 Å². The van der Waals surface area contributed by atoms with E-state index in [2.05, 4.69) is 52.5 Å². The molecule has 0 saturated carbocycles. The zero-order valence-electron chi connectivity index (χ0n) is 11.4. The van der Waals surface area contributed by atoms with Crippen LogP contribution in [0.15, 0.2) is 69.7 Å². The van der Waals surface area contributed by atoms with Crippen LogP contribution in [0.3, 0.4) is 0 Å². The van der Waals surface area contributed by atoms with Crippen LogP contribution in [0.1, 0.15) is 0 Å². The van der Waals surface area contributed by atoms with Gasteiger partial charge in [0.25, 0.3) is 0 Å². The molecule has 1 aromatic heterocycles. The van der Waals surface area contributed by atoms with Crippen LogP contribution in [0.4, 0.5) is 23.1 Å². The molecule has 0 atom stereocenters. The van der Waals surface area contributed by atoms with Crippen molar-refractivity contribution in [2.45, 2.75) is 0 Å². The molecule has 2 N–H and O–H groups in total. The Morgan fingerprint density at radius 1 is 0.682 bits per heavy atom. The molecular formula is C16H12Br2N4. The van der Waals surface area contributed by atoms with Gasteiger partial charge < -0.3 is 10.6 Å². The summed E-state index contributed by atoms with van der Waals surface area (Å²) in [6.45, 7) is 0. The lowest BCUT2D eigenvalue weighted by Crippen LogP contribution is -2.00. The van der Waals surface area contributed by atoms with Crippen molar-refractivity contribution in [3.8, 4) is 0 Å². The summed E-state index contributed by atoms with van der Waals surface area (Å²) in [6.07, 6.45) is 1.72. The second-order valence-corrected chi connectivity index (χ2v) is 6.36. The van der Waals surface area contributed by atoms with Crippen LogP contribution in [-0.2, 0) is 0 Å². The van der Waals surface area contributed by atoms with Crippen molar-refractivity contribution in [2.24, 2.45) is 0 Å². The highest BCUT2D eigenvalue weighted by Crippen LogP contribution is 2.20. The normalized spacial score (nSPS) is 10.3. The van der Waals surface area contributed by atoms with E-state index >= 15 is 0 Å². The van der Waals surface area contributed by atoms with E-state index in [-0.39, 0.29) is 0 Å². The third-order valence-electron chi connectivity index (χ3n) is 2.87. The standard InChI is InChI=1S/C16H12Br2N4/c17-11-1-5-13(6-2-11)20-15-9-10-19-16(22-15)21-14-7-3-12(18)4-8-14/h1-10H,(H2,19,20,21,22). The van der Waals surface area contributed by atoms with Crippen molar-refractivity contribution in [2.75, 3.05) is 10.6 Å². The van der Waals surface area contributed by atoms with Gasteiger partial charge in [0.2, 0.25) is 5.95 Å². The number of anilines is 4. The van der Waals surface area contributed by atoms with Crippen molar-refractivity contribution in [3.63, 3.8) is 0 Å². The Morgan fingerprint density at radius 3 is 1.82 bits per heavy atom. The molecule has 0 saturated heterocycles. The molecule has 0 aliphatic heterocycles. The van der Waals surface area contributed by atoms with Crippen LogP contribution >= 0.6 is 31.9 Å². The van der Waals surface area contributed by atoms with E-state index in [1.165, 1.54) is 0 Å². The molecule has 110 valence electrons. The molecule has 0 aliphatic carbocycles. The molecular weight excluding hydrogens is 408 g/mol. The first kappa shape index (κ1) is 15.0. The van der Waals surface area contributed by atoms with Crippen LogP contribution in [-0.4, -0.2) is 9.97 Å².